The predicted octanol–water partition coefficient (Wildman–Crippen LogP) is 0.203. The fourth-order valence-electron chi connectivity index (χ4n) is 2.83. The molecule has 0 unspecified atom stereocenters. The standard InChI is InChI=1S/C17H20N4O3/c1-20-17(23)8-13-10-21(6-5-15(13)19-20)9-12-3-2-4-14(7-12)24-11-16(18)22/h2-4,7-8H,5-6,9-11H2,1H3,(H2,18,22). The molecule has 0 spiro atoms. The molecule has 1 aliphatic heterocycles. The highest BCUT2D eigenvalue weighted by atomic mass is 16.5. The van der Waals surface area contributed by atoms with Crippen molar-refractivity contribution in [1.82, 2.24) is 14.7 Å². The van der Waals surface area contributed by atoms with Crippen LogP contribution in [0.5, 0.6) is 5.75 Å². The Balaban J connectivity index is 1.68. The average Bonchev–Trinajstić information content (AvgIpc) is 2.55. The summed E-state index contributed by atoms with van der Waals surface area (Å²) in [6, 6.07) is 9.27. The highest BCUT2D eigenvalue weighted by Gasteiger charge is 2.18. The van der Waals surface area contributed by atoms with Gasteiger partial charge in [0, 0.05) is 39.2 Å². The van der Waals surface area contributed by atoms with Gasteiger partial charge >= 0.3 is 0 Å². The zero-order chi connectivity index (χ0) is 17.1. The van der Waals surface area contributed by atoms with Gasteiger partial charge in [0.2, 0.25) is 0 Å². The first-order valence-corrected chi connectivity index (χ1v) is 7.80. The number of hydrogen-bond acceptors (Lipinski definition) is 5. The highest BCUT2D eigenvalue weighted by molar-refractivity contribution is 5.75. The molecule has 126 valence electrons. The van der Waals surface area contributed by atoms with Crippen molar-refractivity contribution >= 4 is 5.91 Å². The van der Waals surface area contributed by atoms with Crippen molar-refractivity contribution in [2.75, 3.05) is 13.2 Å². The number of ether oxygens (including phenoxy) is 1. The van der Waals surface area contributed by atoms with E-state index in [1.165, 1.54) is 4.68 Å². The van der Waals surface area contributed by atoms with Crippen molar-refractivity contribution in [2.45, 2.75) is 19.5 Å². The van der Waals surface area contributed by atoms with Gasteiger partial charge in [-0.2, -0.15) is 5.10 Å². The van der Waals surface area contributed by atoms with Gasteiger partial charge in [0.15, 0.2) is 6.61 Å². The minimum Gasteiger partial charge on any atom is -0.484 e. The molecule has 7 heteroatoms. The summed E-state index contributed by atoms with van der Waals surface area (Å²) in [5.74, 6) is 0.126. The van der Waals surface area contributed by atoms with Gasteiger partial charge in [-0.05, 0) is 23.3 Å². The number of carbonyl (C=O) groups is 1. The summed E-state index contributed by atoms with van der Waals surface area (Å²) in [5, 5.41) is 4.32. The fraction of sp³-hybridized carbons (Fsp3) is 0.353. The number of carbonyl (C=O) groups excluding carboxylic acids is 1. The van der Waals surface area contributed by atoms with Gasteiger partial charge in [-0.1, -0.05) is 12.1 Å². The van der Waals surface area contributed by atoms with Crippen LogP contribution < -0.4 is 16.0 Å². The largest absolute Gasteiger partial charge is 0.484 e. The lowest BCUT2D eigenvalue weighted by atomic mass is 10.1. The number of benzene rings is 1. The lowest BCUT2D eigenvalue weighted by Crippen LogP contribution is -2.34. The third kappa shape index (κ3) is 3.80. The van der Waals surface area contributed by atoms with E-state index in [1.807, 2.05) is 18.2 Å². The molecule has 1 aromatic carbocycles. The van der Waals surface area contributed by atoms with Crippen molar-refractivity contribution < 1.29 is 9.53 Å². The Morgan fingerprint density at radius 1 is 1.38 bits per heavy atom. The first kappa shape index (κ1) is 16.2. The highest BCUT2D eigenvalue weighted by Crippen LogP contribution is 2.20. The molecule has 3 rings (SSSR count). The van der Waals surface area contributed by atoms with E-state index in [1.54, 1.807) is 19.2 Å². The summed E-state index contributed by atoms with van der Waals surface area (Å²) >= 11 is 0. The molecule has 0 saturated heterocycles. The van der Waals surface area contributed by atoms with Gasteiger partial charge in [-0.25, -0.2) is 4.68 Å². The van der Waals surface area contributed by atoms with Crippen LogP contribution in [0.2, 0.25) is 0 Å². The van der Waals surface area contributed by atoms with Crippen LogP contribution in [-0.2, 0) is 31.4 Å². The Morgan fingerprint density at radius 2 is 2.21 bits per heavy atom. The van der Waals surface area contributed by atoms with E-state index in [4.69, 9.17) is 10.5 Å². The smallest absolute Gasteiger partial charge is 0.266 e. The Hall–Kier alpha value is -2.67. The molecule has 0 radical (unpaired) electrons. The Morgan fingerprint density at radius 3 is 3.00 bits per heavy atom. The van der Waals surface area contributed by atoms with E-state index in [9.17, 15) is 9.59 Å². The number of amides is 1. The molecule has 2 heterocycles. The second kappa shape index (κ2) is 6.84. The maximum atomic E-state index is 11.8. The number of nitrogens with zero attached hydrogens (tertiary/aromatic N) is 3. The summed E-state index contributed by atoms with van der Waals surface area (Å²) in [6.07, 6.45) is 0.821. The molecule has 7 nitrogen and oxygen atoms in total. The SMILES string of the molecule is Cn1nc2c(cc1=O)CN(Cc1cccc(OCC(N)=O)c1)CC2. The number of nitrogens with two attached hydrogens (primary N) is 1. The summed E-state index contributed by atoms with van der Waals surface area (Å²) in [4.78, 5) is 24.8. The van der Waals surface area contributed by atoms with Crippen LogP contribution in [-0.4, -0.2) is 33.7 Å². The fourth-order valence-corrected chi connectivity index (χ4v) is 2.83. The first-order chi connectivity index (χ1) is 11.5. The van der Waals surface area contributed by atoms with Crippen molar-refractivity contribution in [3.05, 3.63) is 57.5 Å². The number of fused-ring (bicyclic) bond motifs is 1. The van der Waals surface area contributed by atoms with E-state index in [0.29, 0.717) is 12.3 Å². The molecule has 24 heavy (non-hydrogen) atoms. The Bertz CT molecular complexity index is 816. The molecule has 0 aliphatic carbocycles. The number of hydrogen-bond donors (Lipinski definition) is 1. The van der Waals surface area contributed by atoms with Crippen molar-refractivity contribution in [3.8, 4) is 5.75 Å². The summed E-state index contributed by atoms with van der Waals surface area (Å²) in [5.41, 5.74) is 8.07. The first-order valence-electron chi connectivity index (χ1n) is 7.80. The van der Waals surface area contributed by atoms with E-state index < -0.39 is 5.91 Å². The normalized spacial score (nSPS) is 14.2. The topological polar surface area (TPSA) is 90.4 Å². The van der Waals surface area contributed by atoms with Crippen LogP contribution in [0.25, 0.3) is 0 Å². The monoisotopic (exact) mass is 328 g/mol. The zero-order valence-corrected chi connectivity index (χ0v) is 13.6. The molecule has 0 atom stereocenters. The predicted molar refractivity (Wildman–Crippen MR) is 88.4 cm³/mol. The molecule has 0 bridgehead atoms. The van der Waals surface area contributed by atoms with Crippen LogP contribution in [0.1, 0.15) is 16.8 Å². The minimum atomic E-state index is -0.498. The third-order valence-electron chi connectivity index (χ3n) is 4.00. The van der Waals surface area contributed by atoms with E-state index in [0.717, 1.165) is 36.3 Å². The summed E-state index contributed by atoms with van der Waals surface area (Å²) in [6.45, 7) is 2.19. The van der Waals surface area contributed by atoms with Gasteiger partial charge in [0.1, 0.15) is 5.75 Å². The second-order valence-corrected chi connectivity index (χ2v) is 5.94. The molecule has 2 N–H and O–H groups in total. The van der Waals surface area contributed by atoms with Crippen LogP contribution in [0.4, 0.5) is 0 Å². The molecule has 1 amide bonds. The van der Waals surface area contributed by atoms with Crippen LogP contribution >= 0.6 is 0 Å². The molecule has 0 saturated carbocycles. The number of aromatic nitrogens is 2. The van der Waals surface area contributed by atoms with Gasteiger partial charge < -0.3 is 10.5 Å². The molecular formula is C17H20N4O3. The van der Waals surface area contributed by atoms with Gasteiger partial charge in [0.05, 0.1) is 5.69 Å². The van der Waals surface area contributed by atoms with Crippen LogP contribution in [0.3, 0.4) is 0 Å². The molecule has 0 fully saturated rings. The molecule has 1 aromatic heterocycles. The van der Waals surface area contributed by atoms with Crippen molar-refractivity contribution in [2.24, 2.45) is 12.8 Å². The Kier molecular flexibility index (Phi) is 4.61. The number of rotatable bonds is 5. The number of aryl methyl sites for hydroxylation is 1. The van der Waals surface area contributed by atoms with Gasteiger partial charge in [-0.3, -0.25) is 14.5 Å². The second-order valence-electron chi connectivity index (χ2n) is 5.94. The van der Waals surface area contributed by atoms with Gasteiger partial charge in [0.25, 0.3) is 11.5 Å². The van der Waals surface area contributed by atoms with E-state index in [2.05, 4.69) is 10.00 Å². The average molecular weight is 328 g/mol. The minimum absolute atomic E-state index is 0.0857. The van der Waals surface area contributed by atoms with Crippen LogP contribution in [0, 0.1) is 0 Å². The quantitative estimate of drug-likeness (QED) is 0.847. The maximum Gasteiger partial charge on any atom is 0.266 e. The van der Waals surface area contributed by atoms with E-state index >= 15 is 0 Å². The summed E-state index contributed by atoms with van der Waals surface area (Å²) in [7, 11) is 1.67. The third-order valence-corrected chi connectivity index (χ3v) is 4.00. The van der Waals surface area contributed by atoms with E-state index in [-0.39, 0.29) is 12.2 Å². The molecule has 2 aromatic rings. The number of primary amides is 1. The molecule has 1 aliphatic rings. The zero-order valence-electron chi connectivity index (χ0n) is 13.6. The van der Waals surface area contributed by atoms with Crippen molar-refractivity contribution in [1.29, 1.82) is 0 Å². The maximum absolute atomic E-state index is 11.8. The Labute approximate surface area is 139 Å². The van der Waals surface area contributed by atoms with Gasteiger partial charge in [-0.15, -0.1) is 0 Å². The molecular weight excluding hydrogens is 308 g/mol. The van der Waals surface area contributed by atoms with Crippen LogP contribution in [0.15, 0.2) is 35.1 Å². The van der Waals surface area contributed by atoms with Crippen molar-refractivity contribution in [3.63, 3.8) is 0 Å². The lowest BCUT2D eigenvalue weighted by Gasteiger charge is -2.28. The summed E-state index contributed by atoms with van der Waals surface area (Å²) < 4.78 is 6.72. The lowest BCUT2D eigenvalue weighted by molar-refractivity contribution is -0.119.